The van der Waals surface area contributed by atoms with Crippen molar-refractivity contribution < 1.29 is 17.5 Å². The number of rotatable bonds is 4. The molecule has 1 heterocycles. The molecule has 122 valence electrons. The van der Waals surface area contributed by atoms with Gasteiger partial charge < -0.3 is 4.74 Å². The molecule has 0 bridgehead atoms. The van der Waals surface area contributed by atoms with Gasteiger partial charge in [-0.3, -0.25) is 0 Å². The van der Waals surface area contributed by atoms with E-state index in [0.717, 1.165) is 5.56 Å². The summed E-state index contributed by atoms with van der Waals surface area (Å²) in [6, 6.07) is 4.59. The first kappa shape index (κ1) is 16.1. The second kappa shape index (κ2) is 6.41. The Morgan fingerprint density at radius 3 is 2.59 bits per heavy atom. The smallest absolute Gasteiger partial charge is 0.279 e. The van der Waals surface area contributed by atoms with E-state index in [9.17, 15) is 12.8 Å². The highest BCUT2D eigenvalue weighted by Gasteiger charge is 2.35. The zero-order valence-electron chi connectivity index (χ0n) is 12.0. The first-order valence-corrected chi connectivity index (χ1v) is 9.07. The van der Waals surface area contributed by atoms with E-state index in [2.05, 4.69) is 4.72 Å². The van der Waals surface area contributed by atoms with Gasteiger partial charge in [0.05, 0.1) is 18.2 Å². The van der Waals surface area contributed by atoms with Crippen LogP contribution in [0.2, 0.25) is 5.02 Å². The maximum Gasteiger partial charge on any atom is 0.279 e. The van der Waals surface area contributed by atoms with Gasteiger partial charge in [0.25, 0.3) is 10.2 Å². The lowest BCUT2D eigenvalue weighted by molar-refractivity contribution is 0.0720. The van der Waals surface area contributed by atoms with Crippen LogP contribution in [0.3, 0.4) is 0 Å². The molecule has 1 aromatic rings. The first-order valence-electron chi connectivity index (χ1n) is 7.26. The summed E-state index contributed by atoms with van der Waals surface area (Å²) in [6.45, 7) is 1.64. The molecule has 3 rings (SSSR count). The van der Waals surface area contributed by atoms with Crippen LogP contribution in [-0.4, -0.2) is 45.1 Å². The predicted octanol–water partition coefficient (Wildman–Crippen LogP) is 1.89. The molecule has 0 spiro atoms. The van der Waals surface area contributed by atoms with E-state index in [0.29, 0.717) is 39.1 Å². The number of hydrogen-bond acceptors (Lipinski definition) is 3. The second-order valence-corrected chi connectivity index (χ2v) is 7.78. The molecule has 1 aliphatic carbocycles. The number of benzene rings is 1. The molecular formula is C14H18ClFN2O3S. The lowest BCUT2D eigenvalue weighted by Gasteiger charge is -2.37. The highest BCUT2D eigenvalue weighted by atomic mass is 35.5. The van der Waals surface area contributed by atoms with Crippen molar-refractivity contribution in [1.29, 1.82) is 0 Å². The Kier molecular flexibility index (Phi) is 4.70. The number of nitrogens with zero attached hydrogens (tertiary/aromatic N) is 1. The van der Waals surface area contributed by atoms with E-state index < -0.39 is 16.0 Å². The van der Waals surface area contributed by atoms with Crippen molar-refractivity contribution >= 4 is 21.8 Å². The highest BCUT2D eigenvalue weighted by Crippen LogP contribution is 2.38. The summed E-state index contributed by atoms with van der Waals surface area (Å²) in [5, 5.41) is 0.106. The number of hydrogen-bond donors (Lipinski definition) is 1. The quantitative estimate of drug-likeness (QED) is 0.904. The zero-order chi connectivity index (χ0) is 15.7. The van der Waals surface area contributed by atoms with E-state index in [1.165, 1.54) is 10.4 Å². The van der Waals surface area contributed by atoms with Gasteiger partial charge >= 0.3 is 0 Å². The maximum absolute atomic E-state index is 13.1. The van der Waals surface area contributed by atoms with Crippen LogP contribution in [0.15, 0.2) is 18.2 Å². The van der Waals surface area contributed by atoms with Crippen LogP contribution in [0, 0.1) is 5.82 Å². The molecule has 0 atom stereocenters. The molecule has 2 aliphatic rings. The topological polar surface area (TPSA) is 58.6 Å². The van der Waals surface area contributed by atoms with Crippen LogP contribution in [0.25, 0.3) is 0 Å². The summed E-state index contributed by atoms with van der Waals surface area (Å²) in [4.78, 5) is 0. The summed E-state index contributed by atoms with van der Waals surface area (Å²) in [7, 11) is -3.45. The Morgan fingerprint density at radius 1 is 1.27 bits per heavy atom. The van der Waals surface area contributed by atoms with Gasteiger partial charge in [-0.05, 0) is 36.5 Å². The van der Waals surface area contributed by atoms with Crippen LogP contribution in [0.5, 0.6) is 0 Å². The second-order valence-electron chi connectivity index (χ2n) is 5.67. The fourth-order valence-electron chi connectivity index (χ4n) is 2.82. The summed E-state index contributed by atoms with van der Waals surface area (Å²) in [6.07, 6.45) is 1.40. The molecule has 2 fully saturated rings. The third-order valence-corrected chi connectivity index (χ3v) is 6.14. The fraction of sp³-hybridized carbons (Fsp3) is 0.571. The van der Waals surface area contributed by atoms with Crippen LogP contribution >= 0.6 is 11.6 Å². The van der Waals surface area contributed by atoms with Gasteiger partial charge in [0.1, 0.15) is 5.82 Å². The van der Waals surface area contributed by atoms with E-state index >= 15 is 0 Å². The SMILES string of the molecule is O=S(=O)(NC1CC(c2ccc(F)c(Cl)c2)C1)N1CCOCC1. The Bertz CT molecular complexity index is 643. The van der Waals surface area contributed by atoms with Crippen LogP contribution < -0.4 is 4.72 Å². The van der Waals surface area contributed by atoms with Crippen molar-refractivity contribution in [2.24, 2.45) is 0 Å². The van der Waals surface area contributed by atoms with Crippen LogP contribution in [-0.2, 0) is 14.9 Å². The lowest BCUT2D eigenvalue weighted by atomic mass is 9.76. The molecule has 1 saturated heterocycles. The predicted molar refractivity (Wildman–Crippen MR) is 81.6 cm³/mol. The van der Waals surface area contributed by atoms with Gasteiger partial charge in [0.2, 0.25) is 0 Å². The van der Waals surface area contributed by atoms with Gasteiger partial charge in [-0.25, -0.2) is 4.39 Å². The molecule has 0 amide bonds. The molecule has 1 aromatic carbocycles. The van der Waals surface area contributed by atoms with Crippen molar-refractivity contribution in [2.75, 3.05) is 26.3 Å². The standard InChI is InChI=1S/C14H18ClFN2O3S/c15-13-9-10(1-2-14(13)16)11-7-12(8-11)17-22(19,20)18-3-5-21-6-4-18/h1-2,9,11-12,17H,3-8H2. The van der Waals surface area contributed by atoms with Gasteiger partial charge in [-0.15, -0.1) is 0 Å². The van der Waals surface area contributed by atoms with Gasteiger partial charge in [-0.2, -0.15) is 17.4 Å². The van der Waals surface area contributed by atoms with Crippen LogP contribution in [0.4, 0.5) is 4.39 Å². The Hall–Kier alpha value is -0.730. The Morgan fingerprint density at radius 2 is 1.95 bits per heavy atom. The maximum atomic E-state index is 13.1. The monoisotopic (exact) mass is 348 g/mol. The summed E-state index contributed by atoms with van der Waals surface area (Å²) in [5.41, 5.74) is 0.952. The summed E-state index contributed by atoms with van der Waals surface area (Å²) >= 11 is 5.78. The average Bonchev–Trinajstić information content (AvgIpc) is 2.47. The van der Waals surface area contributed by atoms with Crippen LogP contribution in [0.1, 0.15) is 24.3 Å². The van der Waals surface area contributed by atoms with Crippen molar-refractivity contribution in [3.05, 3.63) is 34.6 Å². The number of morpholine rings is 1. The third kappa shape index (κ3) is 3.44. The van der Waals surface area contributed by atoms with E-state index in [-0.39, 0.29) is 17.0 Å². The molecule has 0 unspecified atom stereocenters. The van der Waals surface area contributed by atoms with Crippen molar-refractivity contribution in [3.8, 4) is 0 Å². The normalized spacial score (nSPS) is 26.6. The molecule has 8 heteroatoms. The third-order valence-electron chi connectivity index (χ3n) is 4.18. The van der Waals surface area contributed by atoms with Gasteiger partial charge in [0, 0.05) is 19.1 Å². The molecular weight excluding hydrogens is 331 g/mol. The molecule has 22 heavy (non-hydrogen) atoms. The fourth-order valence-corrected chi connectivity index (χ4v) is 4.41. The Labute approximate surface area is 134 Å². The Balaban J connectivity index is 1.55. The minimum Gasteiger partial charge on any atom is -0.379 e. The minimum absolute atomic E-state index is 0.0818. The number of ether oxygens (including phenoxy) is 1. The molecule has 0 aromatic heterocycles. The molecule has 0 radical (unpaired) electrons. The molecule has 1 saturated carbocycles. The lowest BCUT2D eigenvalue weighted by Crippen LogP contribution is -2.52. The minimum atomic E-state index is -3.45. The summed E-state index contributed by atoms with van der Waals surface area (Å²) in [5.74, 6) is -0.218. The largest absolute Gasteiger partial charge is 0.379 e. The number of halogens is 2. The first-order chi connectivity index (χ1) is 10.5. The van der Waals surface area contributed by atoms with Gasteiger partial charge in [-0.1, -0.05) is 17.7 Å². The van der Waals surface area contributed by atoms with E-state index in [1.807, 2.05) is 0 Å². The molecule has 5 nitrogen and oxygen atoms in total. The highest BCUT2D eigenvalue weighted by molar-refractivity contribution is 7.87. The zero-order valence-corrected chi connectivity index (χ0v) is 13.5. The van der Waals surface area contributed by atoms with E-state index in [4.69, 9.17) is 16.3 Å². The van der Waals surface area contributed by atoms with Crippen molar-refractivity contribution in [1.82, 2.24) is 9.03 Å². The number of nitrogens with one attached hydrogen (secondary N) is 1. The molecule has 1 N–H and O–H groups in total. The average molecular weight is 349 g/mol. The summed E-state index contributed by atoms with van der Waals surface area (Å²) < 4.78 is 46.9. The molecule has 1 aliphatic heterocycles. The van der Waals surface area contributed by atoms with Crippen molar-refractivity contribution in [3.63, 3.8) is 0 Å². The van der Waals surface area contributed by atoms with Crippen molar-refractivity contribution in [2.45, 2.75) is 24.8 Å². The van der Waals surface area contributed by atoms with Gasteiger partial charge in [0.15, 0.2) is 0 Å². The van der Waals surface area contributed by atoms with E-state index in [1.54, 1.807) is 12.1 Å².